The lowest BCUT2D eigenvalue weighted by Gasteiger charge is -2.31. The van der Waals surface area contributed by atoms with E-state index in [1.54, 1.807) is 0 Å². The van der Waals surface area contributed by atoms with Crippen LogP contribution in [0.3, 0.4) is 0 Å². The molecule has 2 rings (SSSR count). The van der Waals surface area contributed by atoms with Crippen molar-refractivity contribution in [3.8, 4) is 0 Å². The van der Waals surface area contributed by atoms with Crippen molar-refractivity contribution >= 4 is 5.97 Å². The summed E-state index contributed by atoms with van der Waals surface area (Å²) in [6.45, 7) is 7.24. The summed E-state index contributed by atoms with van der Waals surface area (Å²) in [6.07, 6.45) is 1.05. The molecule has 20 heavy (non-hydrogen) atoms. The lowest BCUT2D eigenvalue weighted by Crippen LogP contribution is -2.44. The number of carboxylic acids is 1. The van der Waals surface area contributed by atoms with Crippen LogP contribution in [0.4, 0.5) is 0 Å². The second kappa shape index (κ2) is 6.86. The van der Waals surface area contributed by atoms with Crippen LogP contribution in [0.25, 0.3) is 0 Å². The average Bonchev–Trinajstić information content (AvgIpc) is 2.85. The predicted molar refractivity (Wildman–Crippen MR) is 79.6 cm³/mol. The average molecular weight is 276 g/mol. The van der Waals surface area contributed by atoms with Crippen LogP contribution in [0, 0.1) is 0 Å². The zero-order chi connectivity index (χ0) is 14.5. The minimum Gasteiger partial charge on any atom is -0.480 e. The smallest absolute Gasteiger partial charge is 0.317 e. The van der Waals surface area contributed by atoms with Gasteiger partial charge in [0.1, 0.15) is 0 Å². The molecule has 0 bridgehead atoms. The highest BCUT2D eigenvalue weighted by atomic mass is 16.4. The monoisotopic (exact) mass is 276 g/mol. The maximum absolute atomic E-state index is 11.0. The molecule has 1 saturated heterocycles. The molecular formula is C16H24N2O2. The van der Waals surface area contributed by atoms with Gasteiger partial charge in [-0.25, -0.2) is 0 Å². The molecule has 1 atom stereocenters. The maximum Gasteiger partial charge on any atom is 0.317 e. The minimum absolute atomic E-state index is 0.140. The largest absolute Gasteiger partial charge is 0.480 e. The summed E-state index contributed by atoms with van der Waals surface area (Å²) in [5.74, 6) is -0.736. The van der Waals surface area contributed by atoms with Crippen LogP contribution < -0.4 is 0 Å². The first-order valence-electron chi connectivity index (χ1n) is 7.30. The van der Waals surface area contributed by atoms with Crippen LogP contribution in [0.2, 0.25) is 0 Å². The van der Waals surface area contributed by atoms with Crippen molar-refractivity contribution in [2.45, 2.75) is 38.9 Å². The number of carbonyl (C=O) groups is 1. The van der Waals surface area contributed by atoms with Crippen molar-refractivity contribution in [3.05, 3.63) is 35.9 Å². The number of aliphatic carboxylic acids is 1. The predicted octanol–water partition coefficient (Wildman–Crippen LogP) is 2.06. The van der Waals surface area contributed by atoms with Crippen LogP contribution in [0.15, 0.2) is 30.3 Å². The molecule has 0 saturated carbocycles. The summed E-state index contributed by atoms with van der Waals surface area (Å²) < 4.78 is 0. The molecule has 1 heterocycles. The minimum atomic E-state index is -0.736. The van der Waals surface area contributed by atoms with E-state index in [1.165, 1.54) is 5.56 Å². The van der Waals surface area contributed by atoms with E-state index < -0.39 is 5.97 Å². The fraction of sp³-hybridized carbons (Fsp3) is 0.562. The van der Waals surface area contributed by atoms with Crippen LogP contribution in [0.5, 0.6) is 0 Å². The lowest BCUT2D eigenvalue weighted by atomic mass is 10.1. The summed E-state index contributed by atoms with van der Waals surface area (Å²) in [6, 6.07) is 11.1. The third-order valence-corrected chi connectivity index (χ3v) is 3.95. The second-order valence-electron chi connectivity index (χ2n) is 5.82. The van der Waals surface area contributed by atoms with Gasteiger partial charge < -0.3 is 5.11 Å². The summed E-state index contributed by atoms with van der Waals surface area (Å²) in [7, 11) is 0. The fourth-order valence-corrected chi connectivity index (χ4v) is 2.96. The Labute approximate surface area is 121 Å². The van der Waals surface area contributed by atoms with Crippen molar-refractivity contribution < 1.29 is 9.90 Å². The van der Waals surface area contributed by atoms with E-state index in [1.807, 2.05) is 6.07 Å². The molecule has 0 amide bonds. The van der Waals surface area contributed by atoms with Gasteiger partial charge in [-0.15, -0.1) is 0 Å². The van der Waals surface area contributed by atoms with Gasteiger partial charge in [0.25, 0.3) is 0 Å². The summed E-state index contributed by atoms with van der Waals surface area (Å²) >= 11 is 0. The van der Waals surface area contributed by atoms with Gasteiger partial charge >= 0.3 is 5.97 Å². The maximum atomic E-state index is 11.0. The molecule has 1 aliphatic heterocycles. The van der Waals surface area contributed by atoms with E-state index in [4.69, 9.17) is 5.11 Å². The molecule has 0 unspecified atom stereocenters. The fourth-order valence-electron chi connectivity index (χ4n) is 2.96. The molecule has 0 aromatic heterocycles. The van der Waals surface area contributed by atoms with Crippen LogP contribution in [-0.4, -0.2) is 52.6 Å². The number of nitrogens with zero attached hydrogens (tertiary/aromatic N) is 2. The summed E-state index contributed by atoms with van der Waals surface area (Å²) in [5, 5.41) is 9.04. The Kier molecular flexibility index (Phi) is 5.15. The van der Waals surface area contributed by atoms with Gasteiger partial charge in [-0.3, -0.25) is 14.6 Å². The number of benzene rings is 1. The van der Waals surface area contributed by atoms with Gasteiger partial charge in [0.2, 0.25) is 0 Å². The molecule has 0 aliphatic carbocycles. The highest BCUT2D eigenvalue weighted by Gasteiger charge is 2.30. The van der Waals surface area contributed by atoms with Gasteiger partial charge in [-0.2, -0.15) is 0 Å². The van der Waals surface area contributed by atoms with Crippen LogP contribution >= 0.6 is 0 Å². The molecular weight excluding hydrogens is 252 g/mol. The second-order valence-corrected chi connectivity index (χ2v) is 5.82. The zero-order valence-corrected chi connectivity index (χ0v) is 12.3. The normalized spacial score (nSPS) is 19.9. The van der Waals surface area contributed by atoms with Crippen molar-refractivity contribution in [1.29, 1.82) is 0 Å². The van der Waals surface area contributed by atoms with E-state index in [9.17, 15) is 4.79 Å². The molecule has 1 aliphatic rings. The molecule has 1 fully saturated rings. The molecule has 4 nitrogen and oxygen atoms in total. The third-order valence-electron chi connectivity index (χ3n) is 3.95. The van der Waals surface area contributed by atoms with E-state index >= 15 is 0 Å². The summed E-state index contributed by atoms with van der Waals surface area (Å²) in [4.78, 5) is 15.5. The molecule has 0 spiro atoms. The van der Waals surface area contributed by atoms with Crippen molar-refractivity contribution in [3.63, 3.8) is 0 Å². The zero-order valence-electron chi connectivity index (χ0n) is 12.3. The Morgan fingerprint density at radius 1 is 1.40 bits per heavy atom. The number of carboxylic acid groups (broad SMARTS) is 1. The molecule has 1 aromatic rings. The highest BCUT2D eigenvalue weighted by Crippen LogP contribution is 2.19. The van der Waals surface area contributed by atoms with Crippen molar-refractivity contribution in [2.24, 2.45) is 0 Å². The molecule has 1 aromatic carbocycles. The van der Waals surface area contributed by atoms with E-state index in [0.29, 0.717) is 6.04 Å². The van der Waals surface area contributed by atoms with Crippen molar-refractivity contribution in [2.75, 3.05) is 19.6 Å². The molecule has 110 valence electrons. The molecule has 4 heteroatoms. The molecule has 0 radical (unpaired) electrons. The first kappa shape index (κ1) is 15.0. The SMILES string of the molecule is CC(C)N(CC(=O)O)[C@H]1CCN(Cc2ccccc2)C1. The van der Waals surface area contributed by atoms with Crippen molar-refractivity contribution in [1.82, 2.24) is 9.80 Å². The first-order chi connectivity index (χ1) is 9.56. The number of rotatable bonds is 6. The Morgan fingerprint density at radius 3 is 2.70 bits per heavy atom. The quantitative estimate of drug-likeness (QED) is 0.863. The topological polar surface area (TPSA) is 43.8 Å². The Bertz CT molecular complexity index is 433. The Balaban J connectivity index is 1.92. The van der Waals surface area contributed by atoms with Gasteiger partial charge in [-0.1, -0.05) is 30.3 Å². The number of hydrogen-bond acceptors (Lipinski definition) is 3. The number of hydrogen-bond donors (Lipinski definition) is 1. The number of likely N-dealkylation sites (tertiary alicyclic amines) is 1. The Hall–Kier alpha value is -1.39. The van der Waals surface area contributed by atoms with E-state index in [-0.39, 0.29) is 12.6 Å². The van der Waals surface area contributed by atoms with Crippen LogP contribution in [-0.2, 0) is 11.3 Å². The van der Waals surface area contributed by atoms with Gasteiger partial charge in [0, 0.05) is 31.7 Å². The standard InChI is InChI=1S/C16H24N2O2/c1-13(2)18(12-16(19)20)15-8-9-17(11-15)10-14-6-4-3-5-7-14/h3-7,13,15H,8-12H2,1-2H3,(H,19,20)/t15-/m0/s1. The van der Waals surface area contributed by atoms with E-state index in [2.05, 4.69) is 47.9 Å². The van der Waals surface area contributed by atoms with Crippen LogP contribution in [0.1, 0.15) is 25.8 Å². The summed E-state index contributed by atoms with van der Waals surface area (Å²) in [5.41, 5.74) is 1.32. The third kappa shape index (κ3) is 4.05. The van der Waals surface area contributed by atoms with E-state index in [0.717, 1.165) is 26.1 Å². The van der Waals surface area contributed by atoms with Gasteiger partial charge in [-0.05, 0) is 25.8 Å². The Morgan fingerprint density at radius 2 is 2.10 bits per heavy atom. The van der Waals surface area contributed by atoms with Gasteiger partial charge in [0.05, 0.1) is 6.54 Å². The molecule has 1 N–H and O–H groups in total. The highest BCUT2D eigenvalue weighted by molar-refractivity contribution is 5.69. The lowest BCUT2D eigenvalue weighted by molar-refractivity contribution is -0.139. The first-order valence-corrected chi connectivity index (χ1v) is 7.30. The van der Waals surface area contributed by atoms with Gasteiger partial charge in [0.15, 0.2) is 0 Å².